The molecule has 1 aromatic rings. The highest BCUT2D eigenvalue weighted by molar-refractivity contribution is 6.07. The van der Waals surface area contributed by atoms with Crippen LogP contribution >= 0.6 is 0 Å². The van der Waals surface area contributed by atoms with Crippen LogP contribution in [0.5, 0.6) is 11.5 Å². The summed E-state index contributed by atoms with van der Waals surface area (Å²) in [5.74, 6) is -0.0440. The van der Waals surface area contributed by atoms with Crippen molar-refractivity contribution in [2.24, 2.45) is 5.92 Å². The van der Waals surface area contributed by atoms with Crippen LogP contribution in [0.3, 0.4) is 0 Å². The Bertz CT molecular complexity index is 904. The van der Waals surface area contributed by atoms with E-state index < -0.39 is 11.4 Å². The molecule has 0 amide bonds. The van der Waals surface area contributed by atoms with Crippen LogP contribution in [0.25, 0.3) is 0 Å². The Kier molecular flexibility index (Phi) is 3.89. The number of carbonyl (C=O) groups excluding carboxylic acids is 3. The Balaban J connectivity index is 2.04. The Labute approximate surface area is 156 Å². The van der Waals surface area contributed by atoms with E-state index in [0.29, 0.717) is 23.4 Å². The fraction of sp³-hybridized carbons (Fsp3) is 0.450. The first-order valence-corrected chi connectivity index (χ1v) is 8.77. The van der Waals surface area contributed by atoms with E-state index in [-0.39, 0.29) is 41.5 Å². The standard InChI is InChI=1S/C20H21NO6/c1-10(22)27-19-14(25-3)6-5-11-16(19)20-8-13(23)15(26-4)7-12(20)17(18(11)24)21(2)9-20/h5-7,12,17H,8-9H2,1-4H3/t12?,17-,20+/m1/s1. The first-order chi connectivity index (χ1) is 12.8. The van der Waals surface area contributed by atoms with Gasteiger partial charge in [-0.2, -0.15) is 0 Å². The van der Waals surface area contributed by atoms with Gasteiger partial charge in [-0.1, -0.05) is 0 Å². The number of ketones is 2. The number of nitrogens with zero attached hydrogens (tertiary/aromatic N) is 1. The molecule has 1 aliphatic heterocycles. The van der Waals surface area contributed by atoms with Crippen molar-refractivity contribution in [2.75, 3.05) is 27.8 Å². The highest BCUT2D eigenvalue weighted by Gasteiger charge is 2.62. The number of allylic oxidation sites excluding steroid dienone is 1. The minimum Gasteiger partial charge on any atom is -0.493 e. The molecule has 0 radical (unpaired) electrons. The maximum atomic E-state index is 13.3. The molecule has 1 fully saturated rings. The molecule has 1 aromatic carbocycles. The molecular formula is C20H21NO6. The van der Waals surface area contributed by atoms with E-state index in [9.17, 15) is 14.4 Å². The average Bonchev–Trinajstić information content (AvgIpc) is 2.85. The molecule has 3 atom stereocenters. The minimum atomic E-state index is -0.666. The zero-order valence-electron chi connectivity index (χ0n) is 15.7. The smallest absolute Gasteiger partial charge is 0.308 e. The monoisotopic (exact) mass is 371 g/mol. The molecule has 0 saturated carbocycles. The summed E-state index contributed by atoms with van der Waals surface area (Å²) in [7, 11) is 4.81. The maximum absolute atomic E-state index is 13.3. The lowest BCUT2D eigenvalue weighted by atomic mass is 9.59. The van der Waals surface area contributed by atoms with Crippen LogP contribution < -0.4 is 9.47 Å². The van der Waals surface area contributed by atoms with Gasteiger partial charge in [-0.15, -0.1) is 0 Å². The Morgan fingerprint density at radius 1 is 1.22 bits per heavy atom. The molecule has 27 heavy (non-hydrogen) atoms. The van der Waals surface area contributed by atoms with Crippen LogP contribution in [0, 0.1) is 5.92 Å². The van der Waals surface area contributed by atoms with Gasteiger partial charge in [0.1, 0.15) is 0 Å². The van der Waals surface area contributed by atoms with Crippen LogP contribution in [-0.4, -0.2) is 56.3 Å². The topological polar surface area (TPSA) is 82.1 Å². The van der Waals surface area contributed by atoms with E-state index in [1.165, 1.54) is 21.1 Å². The second kappa shape index (κ2) is 5.92. The first kappa shape index (κ1) is 17.7. The molecule has 1 unspecified atom stereocenters. The second-order valence-corrected chi connectivity index (χ2v) is 7.35. The summed E-state index contributed by atoms with van der Waals surface area (Å²) in [6.45, 7) is 1.80. The number of hydrogen-bond acceptors (Lipinski definition) is 7. The molecular weight excluding hydrogens is 350 g/mol. The number of esters is 1. The van der Waals surface area contributed by atoms with E-state index in [0.717, 1.165) is 0 Å². The fourth-order valence-corrected chi connectivity index (χ4v) is 4.99. The number of benzene rings is 1. The number of ether oxygens (including phenoxy) is 3. The summed E-state index contributed by atoms with van der Waals surface area (Å²) in [6.07, 6.45) is 1.94. The highest BCUT2D eigenvalue weighted by Crippen LogP contribution is 2.58. The molecule has 142 valence electrons. The molecule has 2 bridgehead atoms. The number of likely N-dealkylation sites (tertiary alicyclic amines) is 1. The quantitative estimate of drug-likeness (QED) is 0.588. The van der Waals surface area contributed by atoms with Crippen molar-refractivity contribution in [3.8, 4) is 11.5 Å². The van der Waals surface area contributed by atoms with Crippen molar-refractivity contribution >= 4 is 17.5 Å². The number of carbonyl (C=O) groups is 3. The maximum Gasteiger partial charge on any atom is 0.308 e. The molecule has 1 heterocycles. The molecule has 3 aliphatic rings. The lowest BCUT2D eigenvalue weighted by molar-refractivity contribution is -0.132. The van der Waals surface area contributed by atoms with Crippen LogP contribution in [0.15, 0.2) is 24.0 Å². The number of likely N-dealkylation sites (N-methyl/N-ethyl adjacent to an activating group) is 1. The highest BCUT2D eigenvalue weighted by atomic mass is 16.6. The van der Waals surface area contributed by atoms with Crippen LogP contribution in [0.1, 0.15) is 29.3 Å². The molecule has 0 N–H and O–H groups in total. The lowest BCUT2D eigenvalue weighted by Crippen LogP contribution is -2.48. The molecule has 4 rings (SSSR count). The van der Waals surface area contributed by atoms with Gasteiger partial charge in [-0.3, -0.25) is 19.3 Å². The Hall–Kier alpha value is -2.67. The zero-order chi connectivity index (χ0) is 19.5. The Morgan fingerprint density at radius 3 is 2.59 bits per heavy atom. The van der Waals surface area contributed by atoms with E-state index in [4.69, 9.17) is 14.2 Å². The van der Waals surface area contributed by atoms with E-state index in [2.05, 4.69) is 0 Å². The summed E-state index contributed by atoms with van der Waals surface area (Å²) in [4.78, 5) is 39.7. The lowest BCUT2D eigenvalue weighted by Gasteiger charge is -2.42. The normalized spacial score (nSPS) is 29.0. The van der Waals surface area contributed by atoms with Crippen molar-refractivity contribution in [3.63, 3.8) is 0 Å². The van der Waals surface area contributed by atoms with Gasteiger partial charge < -0.3 is 14.2 Å². The predicted octanol–water partition coefficient (Wildman–Crippen LogP) is 1.49. The van der Waals surface area contributed by atoms with Gasteiger partial charge in [-0.25, -0.2) is 0 Å². The molecule has 7 heteroatoms. The molecule has 1 saturated heterocycles. The number of rotatable bonds is 3. The molecule has 2 aliphatic carbocycles. The van der Waals surface area contributed by atoms with E-state index >= 15 is 0 Å². The third-order valence-electron chi connectivity index (χ3n) is 5.91. The van der Waals surface area contributed by atoms with Gasteiger partial charge in [0.2, 0.25) is 0 Å². The summed E-state index contributed by atoms with van der Waals surface area (Å²) in [5.41, 5.74) is 0.410. The fourth-order valence-electron chi connectivity index (χ4n) is 4.99. The summed E-state index contributed by atoms with van der Waals surface area (Å²) < 4.78 is 16.1. The van der Waals surface area contributed by atoms with Gasteiger partial charge in [0.25, 0.3) is 0 Å². The molecule has 7 nitrogen and oxygen atoms in total. The van der Waals surface area contributed by atoms with Gasteiger partial charge in [0, 0.05) is 42.3 Å². The number of hydrogen-bond donors (Lipinski definition) is 0. The summed E-state index contributed by atoms with van der Waals surface area (Å²) >= 11 is 0. The predicted molar refractivity (Wildman–Crippen MR) is 94.9 cm³/mol. The number of methoxy groups -OCH3 is 2. The van der Waals surface area contributed by atoms with Crippen molar-refractivity contribution in [1.82, 2.24) is 4.90 Å². The van der Waals surface area contributed by atoms with Crippen LogP contribution in [0.2, 0.25) is 0 Å². The summed E-state index contributed by atoms with van der Waals surface area (Å²) in [6, 6.07) is 2.95. The summed E-state index contributed by atoms with van der Waals surface area (Å²) in [5, 5.41) is 0. The van der Waals surface area contributed by atoms with Gasteiger partial charge in [-0.05, 0) is 25.3 Å². The van der Waals surface area contributed by atoms with Gasteiger partial charge in [0.05, 0.1) is 20.3 Å². The third kappa shape index (κ3) is 2.27. The van der Waals surface area contributed by atoms with Crippen molar-refractivity contribution in [3.05, 3.63) is 35.1 Å². The molecule has 0 spiro atoms. The second-order valence-electron chi connectivity index (χ2n) is 7.35. The van der Waals surface area contributed by atoms with Crippen molar-refractivity contribution < 1.29 is 28.6 Å². The molecule has 0 aromatic heterocycles. The van der Waals surface area contributed by atoms with Crippen LogP contribution in [0.4, 0.5) is 0 Å². The first-order valence-electron chi connectivity index (χ1n) is 8.77. The van der Waals surface area contributed by atoms with Crippen molar-refractivity contribution in [2.45, 2.75) is 24.8 Å². The average molecular weight is 371 g/mol. The number of Topliss-reactive ketones (excluding diaryl/α,β-unsaturated/α-hetero) is 2. The van der Waals surface area contributed by atoms with E-state index in [1.54, 1.807) is 18.2 Å². The largest absolute Gasteiger partial charge is 0.493 e. The van der Waals surface area contributed by atoms with Crippen LogP contribution in [-0.2, 0) is 19.7 Å². The third-order valence-corrected chi connectivity index (χ3v) is 5.91. The van der Waals surface area contributed by atoms with E-state index in [1.807, 2.05) is 11.9 Å². The van der Waals surface area contributed by atoms with Crippen molar-refractivity contribution in [1.29, 1.82) is 0 Å². The Morgan fingerprint density at radius 2 is 1.96 bits per heavy atom. The number of fused-ring (bicyclic) bond motifs is 1. The van der Waals surface area contributed by atoms with Gasteiger partial charge >= 0.3 is 5.97 Å². The minimum absolute atomic E-state index is 0.0530. The SMILES string of the molecule is COC1=CC2[C@@H]3C(=O)c4ccc(OC)c(OC(C)=O)c4[C@@]2(CC1=O)CN3C. The van der Waals surface area contributed by atoms with Gasteiger partial charge in [0.15, 0.2) is 28.8 Å². The zero-order valence-corrected chi connectivity index (χ0v) is 15.7.